The second-order valence-electron chi connectivity index (χ2n) is 4.91. The Morgan fingerprint density at radius 2 is 2.05 bits per heavy atom. The summed E-state index contributed by atoms with van der Waals surface area (Å²) < 4.78 is 0. The van der Waals surface area contributed by atoms with E-state index >= 15 is 0 Å². The van der Waals surface area contributed by atoms with Gasteiger partial charge in [-0.3, -0.25) is 4.79 Å². The third-order valence-corrected chi connectivity index (χ3v) is 4.66. The molecule has 0 saturated heterocycles. The lowest BCUT2D eigenvalue weighted by Crippen LogP contribution is -2.41. The first-order valence-corrected chi connectivity index (χ1v) is 7.93. The molecule has 1 aromatic rings. The predicted octanol–water partition coefficient (Wildman–Crippen LogP) is 2.20. The van der Waals surface area contributed by atoms with Gasteiger partial charge in [-0.05, 0) is 19.3 Å². The molecular formula is C14H22N4OS. The number of hydrogen-bond donors (Lipinski definition) is 2. The number of aromatic nitrogens is 2. The maximum absolute atomic E-state index is 11.9. The molecule has 20 heavy (non-hydrogen) atoms. The monoisotopic (exact) mass is 294 g/mol. The molecule has 0 aliphatic rings. The van der Waals surface area contributed by atoms with Crippen LogP contribution in [0.15, 0.2) is 9.95 Å². The minimum absolute atomic E-state index is 0.126. The molecule has 1 aromatic heterocycles. The van der Waals surface area contributed by atoms with Gasteiger partial charge in [0.15, 0.2) is 5.16 Å². The average molecular weight is 294 g/mol. The van der Waals surface area contributed by atoms with Gasteiger partial charge >= 0.3 is 0 Å². The smallest absolute Gasteiger partial charge is 0.269 e. The second kappa shape index (κ2) is 7.46. The van der Waals surface area contributed by atoms with E-state index in [1.54, 1.807) is 0 Å². The van der Waals surface area contributed by atoms with Gasteiger partial charge in [0.05, 0.1) is 5.69 Å². The fourth-order valence-electron chi connectivity index (χ4n) is 1.76. The Labute approximate surface area is 124 Å². The quantitative estimate of drug-likeness (QED) is 0.593. The topological polar surface area (TPSA) is 95.6 Å². The van der Waals surface area contributed by atoms with Gasteiger partial charge in [-0.15, -0.1) is 0 Å². The van der Waals surface area contributed by atoms with E-state index in [2.05, 4.69) is 23.8 Å². The summed E-state index contributed by atoms with van der Waals surface area (Å²) in [6, 6.07) is 1.93. The van der Waals surface area contributed by atoms with Gasteiger partial charge in [0.1, 0.15) is 11.6 Å². The molecule has 1 heterocycles. The first-order valence-electron chi connectivity index (χ1n) is 6.94. The predicted molar refractivity (Wildman–Crippen MR) is 81.8 cm³/mol. The minimum atomic E-state index is -0.357. The van der Waals surface area contributed by atoms with E-state index in [1.807, 2.05) is 13.0 Å². The van der Waals surface area contributed by atoms with Crippen LogP contribution < -0.4 is 11.3 Å². The zero-order valence-corrected chi connectivity index (χ0v) is 13.1. The molecule has 0 atom stereocenters. The van der Waals surface area contributed by atoms with Crippen LogP contribution in [0.3, 0.4) is 0 Å². The molecule has 110 valence electrons. The van der Waals surface area contributed by atoms with Crippen molar-refractivity contribution < 1.29 is 0 Å². The van der Waals surface area contributed by atoms with Crippen molar-refractivity contribution in [3.63, 3.8) is 0 Å². The Morgan fingerprint density at radius 1 is 1.40 bits per heavy atom. The highest BCUT2D eigenvalue weighted by molar-refractivity contribution is 7.99. The molecule has 0 spiro atoms. The number of thioether (sulfide) groups is 1. The minimum Gasteiger partial charge on any atom is -0.324 e. The zero-order valence-electron chi connectivity index (χ0n) is 12.3. The van der Waals surface area contributed by atoms with Crippen LogP contribution in [0.2, 0.25) is 0 Å². The van der Waals surface area contributed by atoms with Crippen LogP contribution in [0.1, 0.15) is 51.3 Å². The van der Waals surface area contributed by atoms with E-state index < -0.39 is 0 Å². The molecule has 0 saturated carbocycles. The summed E-state index contributed by atoms with van der Waals surface area (Å²) in [5, 5.41) is 9.57. The summed E-state index contributed by atoms with van der Waals surface area (Å²) in [6.07, 6.45) is 3.23. The number of nitriles is 1. The first-order chi connectivity index (χ1) is 9.49. The van der Waals surface area contributed by atoms with Crippen molar-refractivity contribution in [3.05, 3.63) is 21.6 Å². The summed E-state index contributed by atoms with van der Waals surface area (Å²) in [5.41, 5.74) is 6.34. The third kappa shape index (κ3) is 4.09. The number of hydrogen-bond acceptors (Lipinski definition) is 5. The molecular weight excluding hydrogens is 272 g/mol. The highest BCUT2D eigenvalue weighted by Gasteiger charge is 2.21. The largest absolute Gasteiger partial charge is 0.324 e. The van der Waals surface area contributed by atoms with Gasteiger partial charge in [0.2, 0.25) is 0 Å². The lowest BCUT2D eigenvalue weighted by Gasteiger charge is -2.25. The van der Waals surface area contributed by atoms with Crippen molar-refractivity contribution in [1.82, 2.24) is 9.97 Å². The van der Waals surface area contributed by atoms with Crippen molar-refractivity contribution in [1.29, 1.82) is 5.26 Å². The van der Waals surface area contributed by atoms with Gasteiger partial charge in [0.25, 0.3) is 5.56 Å². The fraction of sp³-hybridized carbons (Fsp3) is 0.643. The van der Waals surface area contributed by atoms with Crippen LogP contribution in [0, 0.1) is 11.3 Å². The molecule has 3 N–H and O–H groups in total. The number of aryl methyl sites for hydroxylation is 1. The molecule has 0 unspecified atom stereocenters. The lowest BCUT2D eigenvalue weighted by atomic mass is 9.97. The van der Waals surface area contributed by atoms with Crippen molar-refractivity contribution in [2.24, 2.45) is 5.73 Å². The normalized spacial score (nSPS) is 11.3. The van der Waals surface area contributed by atoms with Crippen LogP contribution in [0.4, 0.5) is 0 Å². The third-order valence-electron chi connectivity index (χ3n) is 3.48. The Kier molecular flexibility index (Phi) is 6.24. The number of nitrogens with two attached hydrogens (primary N) is 1. The van der Waals surface area contributed by atoms with E-state index in [9.17, 15) is 4.79 Å². The molecule has 0 fully saturated rings. The fourth-order valence-corrected chi connectivity index (χ4v) is 2.94. The molecule has 0 aliphatic heterocycles. The van der Waals surface area contributed by atoms with Gasteiger partial charge in [0, 0.05) is 11.3 Å². The van der Waals surface area contributed by atoms with Crippen molar-refractivity contribution in [2.75, 3.05) is 5.75 Å². The van der Waals surface area contributed by atoms with E-state index in [1.165, 1.54) is 11.8 Å². The van der Waals surface area contributed by atoms with Crippen LogP contribution in [0.5, 0.6) is 0 Å². The Bertz CT molecular complexity index is 543. The summed E-state index contributed by atoms with van der Waals surface area (Å²) in [5.74, 6) is 0.695. The van der Waals surface area contributed by atoms with Crippen LogP contribution in [0.25, 0.3) is 0 Å². The standard InChI is InChI=1S/C14H22N4OS/c1-4-7-11-10(8-15)12(19)18-13(17-11)20-9-14(16,5-2)6-3/h4-7,9,16H2,1-3H3,(H,17,18,19). The molecule has 5 nitrogen and oxygen atoms in total. The molecule has 1 rings (SSSR count). The molecule has 6 heteroatoms. The van der Waals surface area contributed by atoms with E-state index in [0.29, 0.717) is 23.0 Å². The van der Waals surface area contributed by atoms with Gasteiger partial charge in [-0.1, -0.05) is 39.0 Å². The molecule has 0 aliphatic carbocycles. The second-order valence-corrected chi connectivity index (χ2v) is 5.88. The van der Waals surface area contributed by atoms with Gasteiger partial charge in [-0.25, -0.2) is 4.98 Å². The highest BCUT2D eigenvalue weighted by atomic mass is 32.2. The molecule has 0 aromatic carbocycles. The van der Waals surface area contributed by atoms with E-state index in [0.717, 1.165) is 19.3 Å². The number of nitrogens with one attached hydrogen (secondary N) is 1. The summed E-state index contributed by atoms with van der Waals surface area (Å²) in [6.45, 7) is 6.11. The van der Waals surface area contributed by atoms with Crippen LogP contribution in [-0.2, 0) is 6.42 Å². The molecule has 0 radical (unpaired) electrons. The zero-order chi connectivity index (χ0) is 15.2. The van der Waals surface area contributed by atoms with Gasteiger partial charge < -0.3 is 10.7 Å². The Hall–Kier alpha value is -1.32. The van der Waals surface area contributed by atoms with Crippen LogP contribution >= 0.6 is 11.8 Å². The van der Waals surface area contributed by atoms with E-state index in [4.69, 9.17) is 11.0 Å². The summed E-state index contributed by atoms with van der Waals surface area (Å²) >= 11 is 1.45. The maximum Gasteiger partial charge on any atom is 0.269 e. The Morgan fingerprint density at radius 3 is 2.55 bits per heavy atom. The number of aromatic amines is 1. The Balaban J connectivity index is 2.98. The lowest BCUT2D eigenvalue weighted by molar-refractivity contribution is 0.446. The number of nitrogens with zero attached hydrogens (tertiary/aromatic N) is 2. The first kappa shape index (κ1) is 16.7. The summed E-state index contributed by atoms with van der Waals surface area (Å²) in [7, 11) is 0. The average Bonchev–Trinajstić information content (AvgIpc) is 2.45. The molecule has 0 bridgehead atoms. The highest BCUT2D eigenvalue weighted by Crippen LogP contribution is 2.22. The van der Waals surface area contributed by atoms with Gasteiger partial charge in [-0.2, -0.15) is 5.26 Å². The van der Waals surface area contributed by atoms with E-state index in [-0.39, 0.29) is 16.7 Å². The molecule has 0 amide bonds. The van der Waals surface area contributed by atoms with Crippen molar-refractivity contribution in [2.45, 2.75) is 57.1 Å². The number of rotatable bonds is 7. The van der Waals surface area contributed by atoms with Crippen molar-refractivity contribution in [3.8, 4) is 6.07 Å². The SMILES string of the molecule is CCCc1nc(SCC(N)(CC)CC)[nH]c(=O)c1C#N. The van der Waals surface area contributed by atoms with Crippen molar-refractivity contribution >= 4 is 11.8 Å². The number of H-pyrrole nitrogens is 1. The van der Waals surface area contributed by atoms with Crippen LogP contribution in [-0.4, -0.2) is 21.3 Å². The summed E-state index contributed by atoms with van der Waals surface area (Å²) in [4.78, 5) is 18.9. The maximum atomic E-state index is 11.9.